The molecule has 1 aromatic rings. The Morgan fingerprint density at radius 2 is 1.92 bits per heavy atom. The van der Waals surface area contributed by atoms with E-state index in [1.54, 1.807) is 14.2 Å². The van der Waals surface area contributed by atoms with Crippen molar-refractivity contribution in [2.75, 3.05) is 48.0 Å². The van der Waals surface area contributed by atoms with Gasteiger partial charge in [0.05, 0.1) is 7.11 Å². The zero-order valence-corrected chi connectivity index (χ0v) is 18.0. The molecule has 0 unspecified atom stereocenters. The van der Waals surface area contributed by atoms with Gasteiger partial charge in [-0.25, -0.2) is 0 Å². The molecular formula is C18H31IN4O2. The number of hydrogen-bond acceptors (Lipinski definition) is 4. The van der Waals surface area contributed by atoms with Crippen molar-refractivity contribution in [2.24, 2.45) is 4.99 Å². The predicted octanol–water partition coefficient (Wildman–Crippen LogP) is 2.09. The Labute approximate surface area is 168 Å². The van der Waals surface area contributed by atoms with Gasteiger partial charge in [-0.15, -0.1) is 24.0 Å². The molecule has 1 fully saturated rings. The highest BCUT2D eigenvalue weighted by molar-refractivity contribution is 14.0. The van der Waals surface area contributed by atoms with Crippen LogP contribution in [-0.2, 0) is 11.3 Å². The Morgan fingerprint density at radius 1 is 1.24 bits per heavy atom. The van der Waals surface area contributed by atoms with Gasteiger partial charge >= 0.3 is 0 Å². The molecule has 2 N–H and O–H groups in total. The van der Waals surface area contributed by atoms with Crippen LogP contribution in [0.1, 0.15) is 18.4 Å². The first-order valence-corrected chi connectivity index (χ1v) is 8.43. The van der Waals surface area contributed by atoms with Crippen molar-refractivity contribution in [3.05, 3.63) is 29.8 Å². The van der Waals surface area contributed by atoms with E-state index < -0.39 is 0 Å². The van der Waals surface area contributed by atoms with Gasteiger partial charge in [0.15, 0.2) is 5.96 Å². The molecule has 0 spiro atoms. The van der Waals surface area contributed by atoms with Gasteiger partial charge in [0.2, 0.25) is 0 Å². The summed E-state index contributed by atoms with van der Waals surface area (Å²) in [6.07, 6.45) is 2.05. The first-order chi connectivity index (χ1) is 11.6. The maximum atomic E-state index is 5.52. The van der Waals surface area contributed by atoms with Gasteiger partial charge < -0.3 is 25.0 Å². The van der Waals surface area contributed by atoms with Gasteiger partial charge in [0, 0.05) is 44.5 Å². The van der Waals surface area contributed by atoms with Crippen molar-refractivity contribution in [1.82, 2.24) is 15.5 Å². The van der Waals surface area contributed by atoms with Crippen LogP contribution in [0.3, 0.4) is 0 Å². The summed E-state index contributed by atoms with van der Waals surface area (Å²) < 4.78 is 10.9. The maximum Gasteiger partial charge on any atom is 0.191 e. The second-order valence-corrected chi connectivity index (χ2v) is 6.32. The number of nitrogens with zero attached hydrogens (tertiary/aromatic N) is 2. The number of guanidine groups is 1. The summed E-state index contributed by atoms with van der Waals surface area (Å²) in [5.74, 6) is 1.68. The highest BCUT2D eigenvalue weighted by Gasteiger charge is 2.34. The van der Waals surface area contributed by atoms with Crippen LogP contribution >= 0.6 is 24.0 Å². The lowest BCUT2D eigenvalue weighted by Gasteiger charge is -2.43. The van der Waals surface area contributed by atoms with Crippen LogP contribution in [0.25, 0.3) is 0 Å². The third kappa shape index (κ3) is 6.00. The molecular weight excluding hydrogens is 431 g/mol. The number of methoxy groups -OCH3 is 1. The number of ether oxygens (including phenoxy) is 2. The molecule has 0 atom stereocenters. The van der Waals surface area contributed by atoms with Crippen LogP contribution in [0.15, 0.2) is 29.3 Å². The third-order valence-corrected chi connectivity index (χ3v) is 4.82. The second-order valence-electron chi connectivity index (χ2n) is 6.32. The fourth-order valence-corrected chi connectivity index (χ4v) is 3.03. The maximum absolute atomic E-state index is 5.52. The Morgan fingerprint density at radius 3 is 2.52 bits per heavy atom. The van der Waals surface area contributed by atoms with Gasteiger partial charge in [0.1, 0.15) is 5.75 Å². The van der Waals surface area contributed by atoms with Crippen LogP contribution in [0.5, 0.6) is 5.75 Å². The van der Waals surface area contributed by atoms with Crippen molar-refractivity contribution < 1.29 is 9.47 Å². The average molecular weight is 462 g/mol. The van der Waals surface area contributed by atoms with E-state index in [-0.39, 0.29) is 29.5 Å². The first-order valence-electron chi connectivity index (χ1n) is 8.43. The Hall–Kier alpha value is -1.06. The largest absolute Gasteiger partial charge is 0.496 e. The molecule has 0 radical (unpaired) electrons. The van der Waals surface area contributed by atoms with E-state index in [0.717, 1.165) is 49.9 Å². The fraction of sp³-hybridized carbons (Fsp3) is 0.611. The number of rotatable bonds is 6. The molecule has 25 heavy (non-hydrogen) atoms. The molecule has 1 aliphatic rings. The standard InChI is InChI=1S/C18H30N4O2.HI/c1-19-17(20-13-15-7-5-6-8-16(15)23-4)21-14-18(22(2)3)9-11-24-12-10-18;/h5-8H,9-14H2,1-4H3,(H2,19,20,21);1H. The smallest absolute Gasteiger partial charge is 0.191 e. The number of hydrogen-bond donors (Lipinski definition) is 2. The fourth-order valence-electron chi connectivity index (χ4n) is 3.03. The van der Waals surface area contributed by atoms with E-state index >= 15 is 0 Å². The minimum Gasteiger partial charge on any atom is -0.496 e. The normalized spacial score (nSPS) is 16.9. The Bertz CT molecular complexity index is 546. The molecule has 0 bridgehead atoms. The SMILES string of the molecule is CN=C(NCc1ccccc1OC)NCC1(N(C)C)CCOCC1.I. The molecule has 2 rings (SSSR count). The van der Waals surface area contributed by atoms with Crippen LogP contribution in [-0.4, -0.2) is 64.4 Å². The summed E-state index contributed by atoms with van der Waals surface area (Å²) in [4.78, 5) is 6.64. The molecule has 0 aliphatic carbocycles. The number of para-hydroxylation sites is 1. The zero-order chi connectivity index (χ0) is 17.4. The van der Waals surface area contributed by atoms with Crippen molar-refractivity contribution >= 4 is 29.9 Å². The summed E-state index contributed by atoms with van der Waals surface area (Å²) in [5.41, 5.74) is 1.22. The van der Waals surface area contributed by atoms with E-state index in [1.807, 2.05) is 18.2 Å². The van der Waals surface area contributed by atoms with Crippen molar-refractivity contribution in [3.63, 3.8) is 0 Å². The van der Waals surface area contributed by atoms with Gasteiger partial charge in [0.25, 0.3) is 0 Å². The van der Waals surface area contributed by atoms with Crippen LogP contribution in [0, 0.1) is 0 Å². The lowest BCUT2D eigenvalue weighted by molar-refractivity contribution is -0.00501. The lowest BCUT2D eigenvalue weighted by Crippen LogP contribution is -2.57. The van der Waals surface area contributed by atoms with E-state index in [9.17, 15) is 0 Å². The highest BCUT2D eigenvalue weighted by atomic mass is 127. The summed E-state index contributed by atoms with van der Waals surface area (Å²) in [6.45, 7) is 3.14. The van der Waals surface area contributed by atoms with Crippen LogP contribution in [0.2, 0.25) is 0 Å². The van der Waals surface area contributed by atoms with Gasteiger partial charge in [-0.05, 0) is 33.0 Å². The summed E-state index contributed by atoms with van der Waals surface area (Å²) in [6, 6.07) is 8.01. The third-order valence-electron chi connectivity index (χ3n) is 4.82. The number of aliphatic imine (C=N–C) groups is 1. The molecule has 7 heteroatoms. The quantitative estimate of drug-likeness (QED) is 0.385. The van der Waals surface area contributed by atoms with E-state index in [4.69, 9.17) is 9.47 Å². The molecule has 1 aliphatic heterocycles. The average Bonchev–Trinajstić information content (AvgIpc) is 2.62. The molecule has 6 nitrogen and oxygen atoms in total. The summed E-state index contributed by atoms with van der Waals surface area (Å²) in [7, 11) is 7.76. The van der Waals surface area contributed by atoms with E-state index in [0.29, 0.717) is 6.54 Å². The minimum absolute atomic E-state index is 0. The van der Waals surface area contributed by atoms with Crippen LogP contribution < -0.4 is 15.4 Å². The van der Waals surface area contributed by atoms with Crippen LogP contribution in [0.4, 0.5) is 0 Å². The summed E-state index contributed by atoms with van der Waals surface area (Å²) >= 11 is 0. The van der Waals surface area contributed by atoms with Crippen molar-refractivity contribution in [3.8, 4) is 5.75 Å². The van der Waals surface area contributed by atoms with Gasteiger partial charge in [-0.2, -0.15) is 0 Å². The molecule has 0 amide bonds. The highest BCUT2D eigenvalue weighted by Crippen LogP contribution is 2.25. The molecule has 1 saturated heterocycles. The first kappa shape index (κ1) is 22.0. The molecule has 142 valence electrons. The molecule has 0 aromatic heterocycles. The second kappa shape index (κ2) is 10.8. The number of benzene rings is 1. The van der Waals surface area contributed by atoms with Gasteiger partial charge in [-0.3, -0.25) is 4.99 Å². The van der Waals surface area contributed by atoms with Crippen molar-refractivity contribution in [2.45, 2.75) is 24.9 Å². The Kier molecular flexibility index (Phi) is 9.52. The molecule has 1 heterocycles. The lowest BCUT2D eigenvalue weighted by atomic mass is 9.88. The zero-order valence-electron chi connectivity index (χ0n) is 15.7. The minimum atomic E-state index is 0. The Balaban J connectivity index is 0.00000312. The van der Waals surface area contributed by atoms with E-state index in [2.05, 4.69) is 40.7 Å². The predicted molar refractivity (Wildman–Crippen MR) is 113 cm³/mol. The summed E-state index contributed by atoms with van der Waals surface area (Å²) in [5, 5.41) is 6.84. The number of likely N-dealkylation sites (N-methyl/N-ethyl adjacent to an activating group) is 1. The molecule has 0 saturated carbocycles. The number of nitrogens with one attached hydrogen (secondary N) is 2. The number of halogens is 1. The monoisotopic (exact) mass is 462 g/mol. The van der Waals surface area contributed by atoms with Gasteiger partial charge in [-0.1, -0.05) is 18.2 Å². The van der Waals surface area contributed by atoms with E-state index in [1.165, 1.54) is 0 Å². The topological polar surface area (TPSA) is 58.1 Å². The van der Waals surface area contributed by atoms with Crippen molar-refractivity contribution in [1.29, 1.82) is 0 Å². The molecule has 1 aromatic carbocycles.